The lowest BCUT2D eigenvalue weighted by atomic mass is 10.1. The maximum atomic E-state index is 12.5. The molecule has 2 fully saturated rings. The first-order chi connectivity index (χ1) is 11.1. The smallest absolute Gasteiger partial charge is 0.246 e. The lowest BCUT2D eigenvalue weighted by molar-refractivity contribution is -0.139. The lowest BCUT2D eigenvalue weighted by Gasteiger charge is -2.25. The topological polar surface area (TPSA) is 91.4 Å². The fourth-order valence-corrected chi connectivity index (χ4v) is 3.85. The van der Waals surface area contributed by atoms with Gasteiger partial charge >= 0.3 is 0 Å². The Kier molecular flexibility index (Phi) is 4.80. The van der Waals surface area contributed by atoms with Crippen LogP contribution in [0.15, 0.2) is 24.5 Å². The van der Waals surface area contributed by atoms with Crippen molar-refractivity contribution >= 4 is 29.5 Å². The lowest BCUT2D eigenvalue weighted by Crippen LogP contribution is -2.52. The van der Waals surface area contributed by atoms with E-state index < -0.39 is 12.1 Å². The minimum atomic E-state index is -0.489. The van der Waals surface area contributed by atoms with Gasteiger partial charge in [0, 0.05) is 31.1 Å². The normalized spacial score (nSPS) is 23.7. The third-order valence-electron chi connectivity index (χ3n) is 3.98. The Hall–Kier alpha value is -2.09. The van der Waals surface area contributed by atoms with E-state index in [1.165, 1.54) is 0 Å². The number of nitrogens with zero attached hydrogens (tertiary/aromatic N) is 2. The Morgan fingerprint density at radius 3 is 2.87 bits per heavy atom. The molecule has 2 saturated heterocycles. The van der Waals surface area contributed by atoms with Crippen molar-refractivity contribution in [1.29, 1.82) is 0 Å². The number of pyridine rings is 1. The van der Waals surface area contributed by atoms with Gasteiger partial charge in [0.15, 0.2) is 0 Å². The Balaban J connectivity index is 1.58. The van der Waals surface area contributed by atoms with Crippen LogP contribution < -0.4 is 10.6 Å². The number of thioether (sulfide) groups is 1. The van der Waals surface area contributed by atoms with Crippen molar-refractivity contribution in [3.63, 3.8) is 0 Å². The first kappa shape index (κ1) is 15.8. The molecule has 0 radical (unpaired) electrons. The van der Waals surface area contributed by atoms with Crippen molar-refractivity contribution in [2.24, 2.45) is 0 Å². The van der Waals surface area contributed by atoms with Gasteiger partial charge in [0.1, 0.15) is 12.1 Å². The third-order valence-corrected chi connectivity index (χ3v) is 4.99. The van der Waals surface area contributed by atoms with E-state index in [-0.39, 0.29) is 17.7 Å². The summed E-state index contributed by atoms with van der Waals surface area (Å²) in [6, 6.07) is 2.70. The number of amides is 3. The van der Waals surface area contributed by atoms with Crippen LogP contribution in [0, 0.1) is 0 Å². The minimum Gasteiger partial charge on any atom is -0.350 e. The second-order valence-electron chi connectivity index (χ2n) is 5.56. The van der Waals surface area contributed by atoms with Crippen molar-refractivity contribution in [2.45, 2.75) is 31.5 Å². The fraction of sp³-hybridized carbons (Fsp3) is 0.467. The molecule has 2 N–H and O–H groups in total. The number of aromatic nitrogens is 1. The first-order valence-electron chi connectivity index (χ1n) is 7.49. The molecule has 0 unspecified atom stereocenters. The molecule has 8 heteroatoms. The van der Waals surface area contributed by atoms with Gasteiger partial charge in [0.2, 0.25) is 17.7 Å². The zero-order valence-electron chi connectivity index (χ0n) is 12.5. The molecule has 0 spiro atoms. The first-order valence-corrected chi connectivity index (χ1v) is 8.65. The van der Waals surface area contributed by atoms with E-state index >= 15 is 0 Å². The summed E-state index contributed by atoms with van der Waals surface area (Å²) >= 11 is 1.55. The van der Waals surface area contributed by atoms with Crippen molar-refractivity contribution in [3.8, 4) is 0 Å². The number of nitrogens with one attached hydrogen (secondary N) is 2. The van der Waals surface area contributed by atoms with E-state index in [1.54, 1.807) is 29.1 Å². The van der Waals surface area contributed by atoms with E-state index in [1.807, 2.05) is 12.1 Å². The van der Waals surface area contributed by atoms with Crippen molar-refractivity contribution < 1.29 is 14.4 Å². The van der Waals surface area contributed by atoms with E-state index in [0.717, 1.165) is 5.56 Å². The second-order valence-corrected chi connectivity index (χ2v) is 6.56. The van der Waals surface area contributed by atoms with Gasteiger partial charge in [-0.3, -0.25) is 19.4 Å². The van der Waals surface area contributed by atoms with Crippen LogP contribution in [-0.4, -0.2) is 51.3 Å². The molecule has 122 valence electrons. The van der Waals surface area contributed by atoms with E-state index in [9.17, 15) is 14.4 Å². The molecular weight excluding hydrogens is 316 g/mol. The maximum absolute atomic E-state index is 12.5. The number of carbonyl (C=O) groups excluding carboxylic acids is 3. The summed E-state index contributed by atoms with van der Waals surface area (Å²) in [6.45, 7) is 0.407. The Labute approximate surface area is 138 Å². The van der Waals surface area contributed by atoms with Gasteiger partial charge in [-0.15, -0.1) is 11.8 Å². The molecule has 0 bridgehead atoms. The summed E-state index contributed by atoms with van der Waals surface area (Å²) in [5.74, 6) is 0.635. The van der Waals surface area contributed by atoms with E-state index in [2.05, 4.69) is 15.6 Å². The molecule has 3 rings (SSSR count). The van der Waals surface area contributed by atoms with Crippen LogP contribution in [0.4, 0.5) is 0 Å². The van der Waals surface area contributed by atoms with Crippen LogP contribution in [0.5, 0.6) is 0 Å². The molecule has 2 aliphatic heterocycles. The van der Waals surface area contributed by atoms with Gasteiger partial charge in [0.25, 0.3) is 0 Å². The van der Waals surface area contributed by atoms with Gasteiger partial charge in [-0.1, -0.05) is 0 Å². The highest BCUT2D eigenvalue weighted by Crippen LogP contribution is 2.23. The number of rotatable bonds is 4. The molecule has 0 saturated carbocycles. The standard InChI is InChI=1S/C15H18N4O3S/c20-13-2-1-11(18-13)15(22)19-9-23-8-12(19)14(21)17-7-10-3-5-16-6-4-10/h3-6,11-12H,1-2,7-9H2,(H,17,21)(H,18,20)/t11-,12+/m1/s1. The summed E-state index contributed by atoms with van der Waals surface area (Å²) in [4.78, 5) is 41.7. The molecule has 7 nitrogen and oxygen atoms in total. The molecule has 3 amide bonds. The molecule has 3 heterocycles. The minimum absolute atomic E-state index is 0.103. The molecule has 0 aliphatic carbocycles. The predicted octanol–water partition coefficient (Wildman–Crippen LogP) is -0.122. The van der Waals surface area contributed by atoms with Crippen molar-refractivity contribution in [2.75, 3.05) is 11.6 Å². The number of hydrogen-bond donors (Lipinski definition) is 2. The zero-order chi connectivity index (χ0) is 16.2. The Bertz CT molecular complexity index is 610. The maximum Gasteiger partial charge on any atom is 0.246 e. The van der Waals surface area contributed by atoms with Gasteiger partial charge < -0.3 is 15.5 Å². The SMILES string of the molecule is O=C1CC[C@H](C(=O)N2CSC[C@H]2C(=O)NCc2ccncc2)N1. The quantitative estimate of drug-likeness (QED) is 0.801. The molecule has 0 aromatic carbocycles. The van der Waals surface area contributed by atoms with Crippen LogP contribution >= 0.6 is 11.8 Å². The fourth-order valence-electron chi connectivity index (χ4n) is 2.68. The second kappa shape index (κ2) is 6.99. The molecule has 2 aliphatic rings. The molecule has 1 aromatic heterocycles. The third kappa shape index (κ3) is 3.64. The highest BCUT2D eigenvalue weighted by Gasteiger charge is 2.39. The Morgan fingerprint density at radius 2 is 2.17 bits per heavy atom. The van der Waals surface area contributed by atoms with Crippen molar-refractivity contribution in [1.82, 2.24) is 20.5 Å². The molecule has 2 atom stereocenters. The average molecular weight is 334 g/mol. The zero-order valence-corrected chi connectivity index (χ0v) is 13.3. The monoisotopic (exact) mass is 334 g/mol. The van der Waals surface area contributed by atoms with E-state index in [4.69, 9.17) is 0 Å². The molecule has 23 heavy (non-hydrogen) atoms. The summed E-state index contributed by atoms with van der Waals surface area (Å²) in [5, 5.41) is 5.53. The van der Waals surface area contributed by atoms with Crippen LogP contribution in [-0.2, 0) is 20.9 Å². The summed E-state index contributed by atoms with van der Waals surface area (Å²) in [7, 11) is 0. The number of hydrogen-bond acceptors (Lipinski definition) is 5. The molecule has 1 aromatic rings. The van der Waals surface area contributed by atoms with Crippen LogP contribution in [0.1, 0.15) is 18.4 Å². The van der Waals surface area contributed by atoms with Gasteiger partial charge in [0.05, 0.1) is 5.88 Å². The van der Waals surface area contributed by atoms with Crippen molar-refractivity contribution in [3.05, 3.63) is 30.1 Å². The summed E-state index contributed by atoms with van der Waals surface area (Å²) in [5.41, 5.74) is 0.958. The van der Waals surface area contributed by atoms with Gasteiger partial charge in [-0.25, -0.2) is 0 Å². The Morgan fingerprint density at radius 1 is 1.39 bits per heavy atom. The van der Waals surface area contributed by atoms with Gasteiger partial charge in [-0.2, -0.15) is 0 Å². The largest absolute Gasteiger partial charge is 0.350 e. The van der Waals surface area contributed by atoms with Crippen LogP contribution in [0.25, 0.3) is 0 Å². The number of carbonyl (C=O) groups is 3. The highest BCUT2D eigenvalue weighted by atomic mass is 32.2. The van der Waals surface area contributed by atoms with Crippen LogP contribution in [0.2, 0.25) is 0 Å². The summed E-state index contributed by atoms with van der Waals surface area (Å²) in [6.07, 6.45) is 4.22. The predicted molar refractivity (Wildman–Crippen MR) is 85.2 cm³/mol. The van der Waals surface area contributed by atoms with E-state index in [0.29, 0.717) is 31.0 Å². The summed E-state index contributed by atoms with van der Waals surface area (Å²) < 4.78 is 0. The molecular formula is C15H18N4O3S. The van der Waals surface area contributed by atoms with Gasteiger partial charge in [-0.05, 0) is 24.1 Å². The average Bonchev–Trinajstić information content (AvgIpc) is 3.22. The highest BCUT2D eigenvalue weighted by molar-refractivity contribution is 7.99. The van der Waals surface area contributed by atoms with Crippen LogP contribution in [0.3, 0.4) is 0 Å².